The SMILES string of the molecule is CCC1(C(=O)NCc2cc(C)no2)CCCN1. The van der Waals surface area contributed by atoms with Crippen molar-refractivity contribution in [3.8, 4) is 0 Å². The van der Waals surface area contributed by atoms with Crippen LogP contribution in [0.4, 0.5) is 0 Å². The van der Waals surface area contributed by atoms with Crippen molar-refractivity contribution in [3.05, 3.63) is 17.5 Å². The van der Waals surface area contributed by atoms with Crippen LogP contribution in [-0.2, 0) is 11.3 Å². The Bertz CT molecular complexity index is 394. The monoisotopic (exact) mass is 237 g/mol. The summed E-state index contributed by atoms with van der Waals surface area (Å²) >= 11 is 0. The van der Waals surface area contributed by atoms with E-state index in [1.807, 2.05) is 19.9 Å². The van der Waals surface area contributed by atoms with E-state index in [-0.39, 0.29) is 11.4 Å². The molecule has 17 heavy (non-hydrogen) atoms. The second-order valence-electron chi connectivity index (χ2n) is 4.58. The fraction of sp³-hybridized carbons (Fsp3) is 0.667. The maximum atomic E-state index is 12.1. The lowest BCUT2D eigenvalue weighted by Gasteiger charge is -2.26. The molecule has 0 saturated carbocycles. The summed E-state index contributed by atoms with van der Waals surface area (Å²) in [5.74, 6) is 0.756. The van der Waals surface area contributed by atoms with Crippen LogP contribution in [0.1, 0.15) is 37.6 Å². The van der Waals surface area contributed by atoms with Crippen molar-refractivity contribution in [2.24, 2.45) is 0 Å². The van der Waals surface area contributed by atoms with Gasteiger partial charge in [-0.15, -0.1) is 0 Å². The molecule has 1 amide bonds. The van der Waals surface area contributed by atoms with E-state index in [4.69, 9.17) is 4.52 Å². The first kappa shape index (κ1) is 12.1. The summed E-state index contributed by atoms with van der Waals surface area (Å²) in [7, 11) is 0. The number of nitrogens with one attached hydrogen (secondary N) is 2. The summed E-state index contributed by atoms with van der Waals surface area (Å²) in [6.07, 6.45) is 2.78. The van der Waals surface area contributed by atoms with Crippen molar-refractivity contribution in [1.29, 1.82) is 0 Å². The van der Waals surface area contributed by atoms with Gasteiger partial charge in [0.05, 0.1) is 17.8 Å². The lowest BCUT2D eigenvalue weighted by Crippen LogP contribution is -2.52. The van der Waals surface area contributed by atoms with Gasteiger partial charge in [0.25, 0.3) is 0 Å². The summed E-state index contributed by atoms with van der Waals surface area (Å²) in [5, 5.41) is 10.0. The minimum absolute atomic E-state index is 0.0616. The highest BCUT2D eigenvalue weighted by Crippen LogP contribution is 2.23. The molecule has 0 aromatic carbocycles. The van der Waals surface area contributed by atoms with Gasteiger partial charge in [0, 0.05) is 6.07 Å². The Morgan fingerprint density at radius 1 is 1.71 bits per heavy atom. The van der Waals surface area contributed by atoms with Crippen LogP contribution < -0.4 is 10.6 Å². The van der Waals surface area contributed by atoms with Crippen LogP contribution in [0, 0.1) is 6.92 Å². The fourth-order valence-electron chi connectivity index (χ4n) is 2.30. The van der Waals surface area contributed by atoms with Gasteiger partial charge < -0.3 is 15.2 Å². The number of hydrogen-bond acceptors (Lipinski definition) is 4. The molecule has 94 valence electrons. The van der Waals surface area contributed by atoms with Crippen LogP contribution in [0.2, 0.25) is 0 Å². The largest absolute Gasteiger partial charge is 0.359 e. The normalized spacial score (nSPS) is 23.9. The highest BCUT2D eigenvalue weighted by atomic mass is 16.5. The summed E-state index contributed by atoms with van der Waals surface area (Å²) in [5.41, 5.74) is 0.452. The molecule has 2 rings (SSSR count). The number of aromatic nitrogens is 1. The molecule has 0 aliphatic carbocycles. The second kappa shape index (κ2) is 4.87. The summed E-state index contributed by atoms with van der Waals surface area (Å²) < 4.78 is 5.06. The van der Waals surface area contributed by atoms with Gasteiger partial charge in [-0.25, -0.2) is 0 Å². The van der Waals surface area contributed by atoms with E-state index < -0.39 is 0 Å². The minimum atomic E-state index is -0.380. The van der Waals surface area contributed by atoms with E-state index in [2.05, 4.69) is 15.8 Å². The predicted molar refractivity (Wildman–Crippen MR) is 63.3 cm³/mol. The molecule has 1 fully saturated rings. The molecule has 2 heterocycles. The van der Waals surface area contributed by atoms with Gasteiger partial charge in [0.2, 0.25) is 5.91 Å². The third kappa shape index (κ3) is 2.49. The van der Waals surface area contributed by atoms with Gasteiger partial charge in [-0.2, -0.15) is 0 Å². The Morgan fingerprint density at radius 2 is 2.53 bits per heavy atom. The van der Waals surface area contributed by atoms with Crippen molar-refractivity contribution in [3.63, 3.8) is 0 Å². The number of carbonyl (C=O) groups is 1. The third-order valence-corrected chi connectivity index (χ3v) is 3.38. The Hall–Kier alpha value is -1.36. The maximum Gasteiger partial charge on any atom is 0.240 e. The molecule has 2 N–H and O–H groups in total. The smallest absolute Gasteiger partial charge is 0.240 e. The minimum Gasteiger partial charge on any atom is -0.359 e. The molecule has 1 unspecified atom stereocenters. The first-order valence-corrected chi connectivity index (χ1v) is 6.12. The summed E-state index contributed by atoms with van der Waals surface area (Å²) in [6.45, 7) is 5.23. The molecule has 1 atom stereocenters. The zero-order valence-corrected chi connectivity index (χ0v) is 10.4. The van der Waals surface area contributed by atoms with E-state index in [0.29, 0.717) is 12.3 Å². The highest BCUT2D eigenvalue weighted by molar-refractivity contribution is 5.86. The van der Waals surface area contributed by atoms with Crippen LogP contribution in [0.15, 0.2) is 10.6 Å². The molecule has 1 aromatic rings. The molecule has 1 saturated heterocycles. The van der Waals surface area contributed by atoms with Crippen molar-refractivity contribution < 1.29 is 9.32 Å². The molecular weight excluding hydrogens is 218 g/mol. The quantitative estimate of drug-likeness (QED) is 0.824. The van der Waals surface area contributed by atoms with E-state index in [9.17, 15) is 4.79 Å². The molecule has 0 radical (unpaired) electrons. The van der Waals surface area contributed by atoms with Crippen molar-refractivity contribution in [2.45, 2.75) is 45.2 Å². The van der Waals surface area contributed by atoms with Gasteiger partial charge in [-0.1, -0.05) is 12.1 Å². The Morgan fingerprint density at radius 3 is 3.06 bits per heavy atom. The zero-order chi connectivity index (χ0) is 12.3. The number of rotatable bonds is 4. The third-order valence-electron chi connectivity index (χ3n) is 3.38. The number of hydrogen-bond donors (Lipinski definition) is 2. The first-order chi connectivity index (χ1) is 8.16. The Kier molecular flexibility index (Phi) is 3.47. The van der Waals surface area contributed by atoms with Gasteiger partial charge in [-0.3, -0.25) is 4.79 Å². The molecule has 5 nitrogen and oxygen atoms in total. The van der Waals surface area contributed by atoms with E-state index in [1.54, 1.807) is 0 Å². The number of carbonyl (C=O) groups excluding carboxylic acids is 1. The Labute approximate surface area is 101 Å². The molecule has 1 aliphatic rings. The molecule has 5 heteroatoms. The lowest BCUT2D eigenvalue weighted by atomic mass is 9.93. The second-order valence-corrected chi connectivity index (χ2v) is 4.58. The van der Waals surface area contributed by atoms with Crippen LogP contribution in [0.5, 0.6) is 0 Å². The molecule has 0 spiro atoms. The summed E-state index contributed by atoms with van der Waals surface area (Å²) in [6, 6.07) is 1.83. The number of nitrogens with zero attached hydrogens (tertiary/aromatic N) is 1. The van der Waals surface area contributed by atoms with Crippen LogP contribution in [-0.4, -0.2) is 23.1 Å². The van der Waals surface area contributed by atoms with Crippen molar-refractivity contribution in [1.82, 2.24) is 15.8 Å². The number of aryl methyl sites for hydroxylation is 1. The molecule has 1 aromatic heterocycles. The van der Waals surface area contributed by atoms with Crippen LogP contribution >= 0.6 is 0 Å². The zero-order valence-electron chi connectivity index (χ0n) is 10.4. The van der Waals surface area contributed by atoms with Gasteiger partial charge in [-0.05, 0) is 32.7 Å². The molecule has 1 aliphatic heterocycles. The van der Waals surface area contributed by atoms with E-state index in [1.165, 1.54) is 0 Å². The predicted octanol–water partition coefficient (Wildman–Crippen LogP) is 1.13. The first-order valence-electron chi connectivity index (χ1n) is 6.12. The average molecular weight is 237 g/mol. The molecular formula is C12H19N3O2. The van der Waals surface area contributed by atoms with Crippen molar-refractivity contribution >= 4 is 5.91 Å². The van der Waals surface area contributed by atoms with Crippen LogP contribution in [0.3, 0.4) is 0 Å². The maximum absolute atomic E-state index is 12.1. The fourth-order valence-corrected chi connectivity index (χ4v) is 2.30. The highest BCUT2D eigenvalue weighted by Gasteiger charge is 2.38. The van der Waals surface area contributed by atoms with E-state index in [0.717, 1.165) is 31.5 Å². The topological polar surface area (TPSA) is 67.2 Å². The van der Waals surface area contributed by atoms with Crippen molar-refractivity contribution in [2.75, 3.05) is 6.54 Å². The van der Waals surface area contributed by atoms with Crippen LogP contribution in [0.25, 0.3) is 0 Å². The Balaban J connectivity index is 1.92. The van der Waals surface area contributed by atoms with Gasteiger partial charge >= 0.3 is 0 Å². The van der Waals surface area contributed by atoms with Gasteiger partial charge in [0.15, 0.2) is 5.76 Å². The average Bonchev–Trinajstić information content (AvgIpc) is 2.95. The lowest BCUT2D eigenvalue weighted by molar-refractivity contribution is -0.127. The summed E-state index contributed by atoms with van der Waals surface area (Å²) in [4.78, 5) is 12.1. The van der Waals surface area contributed by atoms with E-state index >= 15 is 0 Å². The standard InChI is InChI=1S/C12H19N3O2/c1-3-12(5-4-6-14-12)11(16)13-8-10-7-9(2)15-17-10/h7,14H,3-6,8H2,1-2H3,(H,13,16). The molecule has 0 bridgehead atoms. The number of amides is 1. The van der Waals surface area contributed by atoms with Gasteiger partial charge in [0.1, 0.15) is 0 Å².